The third-order valence-electron chi connectivity index (χ3n) is 3.79. The van der Waals surface area contributed by atoms with Crippen molar-refractivity contribution in [1.29, 1.82) is 0 Å². The molecule has 0 spiro atoms. The summed E-state index contributed by atoms with van der Waals surface area (Å²) < 4.78 is 1.85. The Morgan fingerprint density at radius 1 is 1.12 bits per heavy atom. The summed E-state index contributed by atoms with van der Waals surface area (Å²) in [5, 5.41) is 7.65. The molecule has 0 aliphatic heterocycles. The lowest BCUT2D eigenvalue weighted by atomic mass is 10.2. The van der Waals surface area contributed by atoms with Crippen LogP contribution >= 0.6 is 23.2 Å². The standard InChI is InChI=1S/C17H23Cl2N5/c1-20-17(22-11-14-9-15(18)16(19)24(14)4)21-10-12-5-7-13(8-6-12)23(2)3/h5-9H,10-11H2,1-4H3,(H2,20,21,22). The van der Waals surface area contributed by atoms with Gasteiger partial charge in [0.1, 0.15) is 5.15 Å². The van der Waals surface area contributed by atoms with E-state index in [1.54, 1.807) is 7.05 Å². The monoisotopic (exact) mass is 367 g/mol. The molecule has 1 aromatic carbocycles. The summed E-state index contributed by atoms with van der Waals surface area (Å²) in [4.78, 5) is 6.31. The maximum absolute atomic E-state index is 6.08. The first-order valence-corrected chi connectivity index (χ1v) is 8.38. The van der Waals surface area contributed by atoms with Crippen molar-refractivity contribution < 1.29 is 0 Å². The minimum absolute atomic E-state index is 0.539. The zero-order valence-electron chi connectivity index (χ0n) is 14.4. The van der Waals surface area contributed by atoms with Crippen LogP contribution in [0.4, 0.5) is 5.69 Å². The quantitative estimate of drug-likeness (QED) is 0.629. The highest BCUT2D eigenvalue weighted by Gasteiger charge is 2.09. The van der Waals surface area contributed by atoms with Gasteiger partial charge in [0.15, 0.2) is 5.96 Å². The van der Waals surface area contributed by atoms with E-state index in [0.29, 0.717) is 23.3 Å². The van der Waals surface area contributed by atoms with Gasteiger partial charge in [0, 0.05) is 46.1 Å². The average Bonchev–Trinajstić information content (AvgIpc) is 2.82. The molecule has 0 amide bonds. The first-order chi connectivity index (χ1) is 11.4. The van der Waals surface area contributed by atoms with Gasteiger partial charge in [-0.05, 0) is 23.8 Å². The fourth-order valence-electron chi connectivity index (χ4n) is 2.25. The molecule has 2 aromatic rings. The lowest BCUT2D eigenvalue weighted by molar-refractivity contribution is 0.750. The lowest BCUT2D eigenvalue weighted by Crippen LogP contribution is -2.36. The van der Waals surface area contributed by atoms with Crippen LogP contribution < -0.4 is 15.5 Å². The minimum Gasteiger partial charge on any atom is -0.378 e. The second kappa shape index (κ2) is 8.31. The maximum Gasteiger partial charge on any atom is 0.191 e. The molecule has 0 saturated carbocycles. The van der Waals surface area contributed by atoms with Crippen molar-refractivity contribution in [2.24, 2.45) is 12.0 Å². The molecular weight excluding hydrogens is 345 g/mol. The molecule has 0 aliphatic carbocycles. The topological polar surface area (TPSA) is 44.6 Å². The van der Waals surface area contributed by atoms with Crippen LogP contribution in [0.3, 0.4) is 0 Å². The van der Waals surface area contributed by atoms with Crippen LogP contribution in [0.25, 0.3) is 0 Å². The third kappa shape index (κ3) is 4.58. The number of benzene rings is 1. The van der Waals surface area contributed by atoms with Gasteiger partial charge in [-0.1, -0.05) is 35.3 Å². The maximum atomic E-state index is 6.08. The summed E-state index contributed by atoms with van der Waals surface area (Å²) in [5.41, 5.74) is 3.36. The van der Waals surface area contributed by atoms with Gasteiger partial charge < -0.3 is 20.1 Å². The number of rotatable bonds is 5. The molecule has 0 bridgehead atoms. The van der Waals surface area contributed by atoms with Crippen molar-refractivity contribution in [3.05, 3.63) is 51.8 Å². The summed E-state index contributed by atoms with van der Waals surface area (Å²) >= 11 is 12.1. The molecule has 1 heterocycles. The number of anilines is 1. The van der Waals surface area contributed by atoms with E-state index < -0.39 is 0 Å². The molecule has 0 atom stereocenters. The zero-order valence-corrected chi connectivity index (χ0v) is 15.9. The molecule has 5 nitrogen and oxygen atoms in total. The van der Waals surface area contributed by atoms with Crippen LogP contribution in [0, 0.1) is 0 Å². The summed E-state index contributed by atoms with van der Waals surface area (Å²) in [6.45, 7) is 1.28. The molecule has 24 heavy (non-hydrogen) atoms. The summed E-state index contributed by atoms with van der Waals surface area (Å²) in [7, 11) is 7.69. The highest BCUT2D eigenvalue weighted by Crippen LogP contribution is 2.24. The number of aliphatic imine (C=N–C) groups is 1. The van der Waals surface area contributed by atoms with Gasteiger partial charge in [0.25, 0.3) is 0 Å². The second-order valence-corrected chi connectivity index (χ2v) is 6.44. The van der Waals surface area contributed by atoms with Gasteiger partial charge >= 0.3 is 0 Å². The van der Waals surface area contributed by atoms with Gasteiger partial charge in [-0.15, -0.1) is 0 Å². The van der Waals surface area contributed by atoms with Crippen molar-refractivity contribution >= 4 is 34.8 Å². The van der Waals surface area contributed by atoms with Crippen LogP contribution in [-0.4, -0.2) is 31.7 Å². The molecule has 0 saturated heterocycles. The number of nitrogens with zero attached hydrogens (tertiary/aromatic N) is 3. The van der Waals surface area contributed by atoms with Gasteiger partial charge in [0.2, 0.25) is 0 Å². The van der Waals surface area contributed by atoms with Crippen molar-refractivity contribution in [1.82, 2.24) is 15.2 Å². The van der Waals surface area contributed by atoms with E-state index in [2.05, 4.69) is 44.8 Å². The summed E-state index contributed by atoms with van der Waals surface area (Å²) in [6, 6.07) is 10.3. The predicted octanol–water partition coefficient (Wildman–Crippen LogP) is 3.26. The van der Waals surface area contributed by atoms with Crippen molar-refractivity contribution in [3.63, 3.8) is 0 Å². The molecule has 0 aliphatic rings. The van der Waals surface area contributed by atoms with Crippen LogP contribution in [0.1, 0.15) is 11.3 Å². The van der Waals surface area contributed by atoms with E-state index in [9.17, 15) is 0 Å². The van der Waals surface area contributed by atoms with E-state index in [1.807, 2.05) is 31.8 Å². The predicted molar refractivity (Wildman–Crippen MR) is 103 cm³/mol. The number of nitrogens with one attached hydrogen (secondary N) is 2. The van der Waals surface area contributed by atoms with Gasteiger partial charge in [0.05, 0.1) is 11.6 Å². The van der Waals surface area contributed by atoms with Crippen LogP contribution in [0.2, 0.25) is 10.2 Å². The average molecular weight is 368 g/mol. The molecule has 1 aromatic heterocycles. The molecule has 130 valence electrons. The first kappa shape index (κ1) is 18.5. The molecule has 0 unspecified atom stereocenters. The highest BCUT2D eigenvalue weighted by molar-refractivity contribution is 6.41. The molecule has 0 fully saturated rings. The summed E-state index contributed by atoms with van der Waals surface area (Å²) in [5.74, 6) is 0.722. The SMILES string of the molecule is CN=C(NCc1ccc(N(C)C)cc1)NCc1cc(Cl)c(Cl)n1C. The summed E-state index contributed by atoms with van der Waals surface area (Å²) in [6.07, 6.45) is 0. The molecule has 7 heteroatoms. The molecule has 2 N–H and O–H groups in total. The van der Waals surface area contributed by atoms with Crippen LogP contribution in [0.5, 0.6) is 0 Å². The van der Waals surface area contributed by atoms with Crippen LogP contribution in [0.15, 0.2) is 35.3 Å². The number of guanidine groups is 1. The Morgan fingerprint density at radius 3 is 2.25 bits per heavy atom. The van der Waals surface area contributed by atoms with E-state index in [-0.39, 0.29) is 0 Å². The smallest absolute Gasteiger partial charge is 0.191 e. The van der Waals surface area contributed by atoms with E-state index in [0.717, 1.165) is 11.7 Å². The fraction of sp³-hybridized carbons (Fsp3) is 0.353. The Bertz CT molecular complexity index is 705. The van der Waals surface area contributed by atoms with Crippen molar-refractivity contribution in [2.75, 3.05) is 26.0 Å². The Labute approximate surface area is 153 Å². The Morgan fingerprint density at radius 2 is 1.75 bits per heavy atom. The zero-order chi connectivity index (χ0) is 17.7. The van der Waals surface area contributed by atoms with E-state index in [1.165, 1.54) is 11.3 Å². The fourth-order valence-corrected chi connectivity index (χ4v) is 2.67. The van der Waals surface area contributed by atoms with E-state index in [4.69, 9.17) is 23.2 Å². The number of aromatic nitrogens is 1. The highest BCUT2D eigenvalue weighted by atomic mass is 35.5. The Kier molecular flexibility index (Phi) is 6.40. The van der Waals surface area contributed by atoms with Crippen molar-refractivity contribution in [2.45, 2.75) is 13.1 Å². The second-order valence-electron chi connectivity index (χ2n) is 5.67. The normalized spacial score (nSPS) is 11.5. The minimum atomic E-state index is 0.539. The molecule has 2 rings (SSSR count). The largest absolute Gasteiger partial charge is 0.378 e. The number of hydrogen-bond acceptors (Lipinski definition) is 2. The third-order valence-corrected chi connectivity index (χ3v) is 4.63. The van der Waals surface area contributed by atoms with Gasteiger partial charge in [-0.3, -0.25) is 4.99 Å². The first-order valence-electron chi connectivity index (χ1n) is 7.62. The van der Waals surface area contributed by atoms with Gasteiger partial charge in [-0.25, -0.2) is 0 Å². The Balaban J connectivity index is 1.89. The molecular formula is C17H23Cl2N5. The number of halogens is 2. The van der Waals surface area contributed by atoms with Crippen LogP contribution in [-0.2, 0) is 20.1 Å². The van der Waals surface area contributed by atoms with Crippen molar-refractivity contribution in [3.8, 4) is 0 Å². The number of hydrogen-bond donors (Lipinski definition) is 2. The van der Waals surface area contributed by atoms with Gasteiger partial charge in [-0.2, -0.15) is 0 Å². The lowest BCUT2D eigenvalue weighted by Gasteiger charge is -2.14. The van der Waals surface area contributed by atoms with E-state index >= 15 is 0 Å². The Hall–Kier alpha value is -1.85. The molecule has 0 radical (unpaired) electrons.